The van der Waals surface area contributed by atoms with Crippen molar-refractivity contribution >= 4 is 21.6 Å². The monoisotopic (exact) mass is 466 g/mol. The maximum Gasteiger partial charge on any atom is 0.264 e. The molecule has 0 bridgehead atoms. The third kappa shape index (κ3) is 6.35. The molecular weight excluding hydrogens is 436 g/mol. The van der Waals surface area contributed by atoms with E-state index in [-0.39, 0.29) is 29.3 Å². The van der Waals surface area contributed by atoms with Crippen molar-refractivity contribution in [3.63, 3.8) is 0 Å². The van der Waals surface area contributed by atoms with E-state index in [2.05, 4.69) is 5.32 Å². The van der Waals surface area contributed by atoms with Crippen LogP contribution >= 0.6 is 0 Å². The molecule has 0 aliphatic rings. The summed E-state index contributed by atoms with van der Waals surface area (Å²) in [6.45, 7) is 7.46. The summed E-state index contributed by atoms with van der Waals surface area (Å²) in [7, 11) is -3.96. The molecule has 0 aromatic heterocycles. The summed E-state index contributed by atoms with van der Waals surface area (Å²) in [6.07, 6.45) is 0. The standard InChI is InChI=1S/C26H30N2O4S/c1-19(2)21(4)27-26(29)18-28(33(30,31)25-16-10-20(3)11-17-25)22-12-14-24(15-13-22)32-23-8-6-5-7-9-23/h5-17,19,21H,18H2,1-4H3,(H,27,29). The molecule has 0 saturated heterocycles. The van der Waals surface area contributed by atoms with Gasteiger partial charge < -0.3 is 10.1 Å². The van der Waals surface area contributed by atoms with Gasteiger partial charge in [0.15, 0.2) is 0 Å². The van der Waals surface area contributed by atoms with E-state index >= 15 is 0 Å². The Hall–Kier alpha value is -3.32. The van der Waals surface area contributed by atoms with Crippen molar-refractivity contribution in [2.24, 2.45) is 5.92 Å². The molecule has 3 aromatic carbocycles. The Morgan fingerprint density at radius 3 is 2.03 bits per heavy atom. The first-order chi connectivity index (χ1) is 15.7. The number of benzene rings is 3. The highest BCUT2D eigenvalue weighted by Crippen LogP contribution is 2.28. The van der Waals surface area contributed by atoms with Gasteiger partial charge in [-0.25, -0.2) is 8.42 Å². The molecule has 1 N–H and O–H groups in total. The van der Waals surface area contributed by atoms with Crippen LogP contribution in [0.5, 0.6) is 11.5 Å². The van der Waals surface area contributed by atoms with Gasteiger partial charge in [-0.05, 0) is 68.3 Å². The van der Waals surface area contributed by atoms with Crippen LogP contribution in [0.3, 0.4) is 0 Å². The third-order valence-corrected chi connectivity index (χ3v) is 7.18. The molecule has 0 aliphatic carbocycles. The molecule has 6 nitrogen and oxygen atoms in total. The molecule has 0 heterocycles. The number of nitrogens with zero attached hydrogens (tertiary/aromatic N) is 1. The van der Waals surface area contributed by atoms with Crippen LogP contribution in [0.25, 0.3) is 0 Å². The highest BCUT2D eigenvalue weighted by atomic mass is 32.2. The van der Waals surface area contributed by atoms with E-state index in [1.807, 2.05) is 58.0 Å². The van der Waals surface area contributed by atoms with Crippen LogP contribution in [0.1, 0.15) is 26.3 Å². The summed E-state index contributed by atoms with van der Waals surface area (Å²) < 4.78 is 33.9. The molecule has 0 radical (unpaired) electrons. The number of para-hydroxylation sites is 1. The van der Waals surface area contributed by atoms with Gasteiger partial charge in [0.25, 0.3) is 10.0 Å². The number of carbonyl (C=O) groups excluding carboxylic acids is 1. The minimum absolute atomic E-state index is 0.0805. The van der Waals surface area contributed by atoms with Gasteiger partial charge in [-0.3, -0.25) is 9.10 Å². The Balaban J connectivity index is 1.90. The Morgan fingerprint density at radius 1 is 0.879 bits per heavy atom. The molecule has 1 amide bonds. The number of aryl methyl sites for hydroxylation is 1. The van der Waals surface area contributed by atoms with E-state index in [9.17, 15) is 13.2 Å². The molecule has 33 heavy (non-hydrogen) atoms. The molecule has 1 unspecified atom stereocenters. The van der Waals surface area contributed by atoms with Crippen molar-refractivity contribution in [1.29, 1.82) is 0 Å². The summed E-state index contributed by atoms with van der Waals surface area (Å²) in [6, 6.07) is 22.5. The second-order valence-electron chi connectivity index (χ2n) is 8.33. The van der Waals surface area contributed by atoms with Gasteiger partial charge in [-0.1, -0.05) is 49.7 Å². The quantitative estimate of drug-likeness (QED) is 0.474. The minimum Gasteiger partial charge on any atom is -0.457 e. The lowest BCUT2D eigenvalue weighted by Crippen LogP contribution is -2.45. The van der Waals surface area contributed by atoms with E-state index < -0.39 is 10.0 Å². The molecule has 0 saturated carbocycles. The fraction of sp³-hybridized carbons (Fsp3) is 0.269. The number of hydrogen-bond acceptors (Lipinski definition) is 4. The largest absolute Gasteiger partial charge is 0.457 e. The zero-order chi connectivity index (χ0) is 24.0. The summed E-state index contributed by atoms with van der Waals surface area (Å²) >= 11 is 0. The number of hydrogen-bond donors (Lipinski definition) is 1. The number of sulfonamides is 1. The van der Waals surface area contributed by atoms with Gasteiger partial charge >= 0.3 is 0 Å². The Labute approximate surface area is 196 Å². The van der Waals surface area contributed by atoms with E-state index in [1.165, 1.54) is 0 Å². The number of anilines is 1. The number of carbonyl (C=O) groups is 1. The van der Waals surface area contributed by atoms with Crippen LogP contribution in [0, 0.1) is 12.8 Å². The summed E-state index contributed by atoms with van der Waals surface area (Å²) in [4.78, 5) is 12.9. The van der Waals surface area contributed by atoms with Crippen molar-refractivity contribution in [1.82, 2.24) is 5.32 Å². The highest BCUT2D eigenvalue weighted by Gasteiger charge is 2.28. The molecule has 0 spiro atoms. The lowest BCUT2D eigenvalue weighted by molar-refractivity contribution is -0.120. The van der Waals surface area contributed by atoms with Gasteiger partial charge in [-0.15, -0.1) is 0 Å². The van der Waals surface area contributed by atoms with E-state index in [1.54, 1.807) is 48.5 Å². The van der Waals surface area contributed by atoms with Crippen molar-refractivity contribution in [3.8, 4) is 11.5 Å². The van der Waals surface area contributed by atoms with Crippen LogP contribution in [0.15, 0.2) is 83.8 Å². The van der Waals surface area contributed by atoms with Crippen LogP contribution < -0.4 is 14.4 Å². The maximum atomic E-state index is 13.5. The van der Waals surface area contributed by atoms with Crippen molar-refractivity contribution in [2.45, 2.75) is 38.6 Å². The molecule has 0 aliphatic heterocycles. The van der Waals surface area contributed by atoms with Gasteiger partial charge in [0.1, 0.15) is 18.0 Å². The van der Waals surface area contributed by atoms with E-state index in [0.717, 1.165) is 9.87 Å². The van der Waals surface area contributed by atoms with Crippen LogP contribution in [-0.4, -0.2) is 26.9 Å². The molecule has 174 valence electrons. The average Bonchev–Trinajstić information content (AvgIpc) is 2.79. The molecule has 3 aromatic rings. The first-order valence-electron chi connectivity index (χ1n) is 10.9. The maximum absolute atomic E-state index is 13.5. The van der Waals surface area contributed by atoms with Crippen molar-refractivity contribution in [2.75, 3.05) is 10.8 Å². The topological polar surface area (TPSA) is 75.7 Å². The fourth-order valence-corrected chi connectivity index (χ4v) is 4.48. The Kier molecular flexibility index (Phi) is 7.76. The normalized spacial score (nSPS) is 12.3. The molecule has 1 atom stereocenters. The van der Waals surface area contributed by atoms with E-state index in [0.29, 0.717) is 17.2 Å². The Morgan fingerprint density at radius 2 is 1.45 bits per heavy atom. The second kappa shape index (κ2) is 10.5. The SMILES string of the molecule is Cc1ccc(S(=O)(=O)N(CC(=O)NC(C)C(C)C)c2ccc(Oc3ccccc3)cc2)cc1. The lowest BCUT2D eigenvalue weighted by Gasteiger charge is -2.26. The summed E-state index contributed by atoms with van der Waals surface area (Å²) in [5.41, 5.74) is 1.33. The van der Waals surface area contributed by atoms with Crippen molar-refractivity contribution in [3.05, 3.63) is 84.4 Å². The predicted molar refractivity (Wildman–Crippen MR) is 131 cm³/mol. The van der Waals surface area contributed by atoms with Gasteiger partial charge in [0, 0.05) is 6.04 Å². The molecular formula is C26H30N2O4S. The minimum atomic E-state index is -3.96. The van der Waals surface area contributed by atoms with Gasteiger partial charge in [0.2, 0.25) is 5.91 Å². The number of ether oxygens (including phenoxy) is 1. The zero-order valence-electron chi connectivity index (χ0n) is 19.4. The lowest BCUT2D eigenvalue weighted by atomic mass is 10.1. The third-order valence-electron chi connectivity index (χ3n) is 5.39. The summed E-state index contributed by atoms with van der Waals surface area (Å²) in [5, 5.41) is 2.89. The van der Waals surface area contributed by atoms with Crippen molar-refractivity contribution < 1.29 is 17.9 Å². The number of amides is 1. The molecule has 3 rings (SSSR count). The molecule has 0 fully saturated rings. The van der Waals surface area contributed by atoms with Crippen LogP contribution in [-0.2, 0) is 14.8 Å². The van der Waals surface area contributed by atoms with Gasteiger partial charge in [-0.2, -0.15) is 0 Å². The van der Waals surface area contributed by atoms with Crippen LogP contribution in [0.2, 0.25) is 0 Å². The Bertz CT molecular complexity index is 1160. The molecule has 7 heteroatoms. The first kappa shape index (κ1) is 24.3. The summed E-state index contributed by atoms with van der Waals surface area (Å²) in [5.74, 6) is 1.11. The first-order valence-corrected chi connectivity index (χ1v) is 12.3. The predicted octanol–water partition coefficient (Wildman–Crippen LogP) is 5.14. The zero-order valence-corrected chi connectivity index (χ0v) is 20.2. The highest BCUT2D eigenvalue weighted by molar-refractivity contribution is 7.92. The second-order valence-corrected chi connectivity index (χ2v) is 10.2. The van der Waals surface area contributed by atoms with Gasteiger partial charge in [0.05, 0.1) is 10.6 Å². The van der Waals surface area contributed by atoms with E-state index in [4.69, 9.17) is 4.74 Å². The average molecular weight is 467 g/mol. The van der Waals surface area contributed by atoms with Crippen LogP contribution in [0.4, 0.5) is 5.69 Å². The smallest absolute Gasteiger partial charge is 0.264 e. The number of nitrogens with one attached hydrogen (secondary N) is 1. The fourth-order valence-electron chi connectivity index (χ4n) is 3.05. The number of rotatable bonds is 9.